The Morgan fingerprint density at radius 3 is 3.00 bits per heavy atom. The van der Waals surface area contributed by atoms with Crippen LogP contribution in [0.25, 0.3) is 16.7 Å². The molecule has 5 nitrogen and oxygen atoms in total. The van der Waals surface area contributed by atoms with Gasteiger partial charge in [-0.15, -0.1) is 5.10 Å². The molecule has 0 radical (unpaired) electrons. The molecule has 1 aromatic carbocycles. The number of para-hydroxylation sites is 1. The van der Waals surface area contributed by atoms with Crippen LogP contribution >= 0.6 is 0 Å². The van der Waals surface area contributed by atoms with Crippen molar-refractivity contribution in [1.29, 1.82) is 0 Å². The predicted molar refractivity (Wildman–Crippen MR) is 119 cm³/mol. The second kappa shape index (κ2) is 8.52. The van der Waals surface area contributed by atoms with E-state index in [-0.39, 0.29) is 0 Å². The lowest BCUT2D eigenvalue weighted by molar-refractivity contribution is 0.820. The van der Waals surface area contributed by atoms with Crippen LogP contribution in [-0.4, -0.2) is 26.5 Å². The number of hydrogen-bond acceptors (Lipinski definition) is 4. The first-order valence-corrected chi connectivity index (χ1v) is 9.65. The van der Waals surface area contributed by atoms with Gasteiger partial charge in [-0.1, -0.05) is 60.4 Å². The number of allylic oxidation sites excluding steroid dienone is 7. The van der Waals surface area contributed by atoms with Crippen molar-refractivity contribution >= 4 is 16.7 Å². The Hall–Kier alpha value is -3.73. The van der Waals surface area contributed by atoms with Gasteiger partial charge in [-0.2, -0.15) is 0 Å². The maximum Gasteiger partial charge on any atom is 0.113 e. The van der Waals surface area contributed by atoms with Gasteiger partial charge in [0.05, 0.1) is 29.3 Å². The van der Waals surface area contributed by atoms with Crippen LogP contribution in [0.3, 0.4) is 0 Å². The first-order chi connectivity index (χ1) is 14.3. The Bertz CT molecular complexity index is 1160. The second-order valence-corrected chi connectivity index (χ2v) is 6.72. The predicted octanol–water partition coefficient (Wildman–Crippen LogP) is 5.17. The van der Waals surface area contributed by atoms with E-state index in [1.165, 1.54) is 11.1 Å². The maximum atomic E-state index is 4.39. The lowest BCUT2D eigenvalue weighted by atomic mass is 10.00. The normalized spacial score (nSPS) is 14.3. The van der Waals surface area contributed by atoms with Gasteiger partial charge >= 0.3 is 0 Å². The third kappa shape index (κ3) is 3.94. The summed E-state index contributed by atoms with van der Waals surface area (Å²) in [6, 6.07) is 9.92. The number of fused-ring (bicyclic) bond motifs is 1. The number of rotatable bonds is 6. The van der Waals surface area contributed by atoms with Crippen molar-refractivity contribution in [2.75, 3.05) is 11.9 Å². The van der Waals surface area contributed by atoms with Gasteiger partial charge < -0.3 is 5.32 Å². The number of pyridine rings is 1. The Morgan fingerprint density at radius 1 is 1.24 bits per heavy atom. The van der Waals surface area contributed by atoms with Crippen molar-refractivity contribution in [3.8, 4) is 5.69 Å². The van der Waals surface area contributed by atoms with E-state index in [2.05, 4.69) is 57.6 Å². The SMILES string of the molecule is C=CC1=C(CNc2cncc(-n3nnc4ccccc43)c2)C=CCC=C1/C=C\C. The van der Waals surface area contributed by atoms with Crippen LogP contribution in [0.5, 0.6) is 0 Å². The number of benzene rings is 1. The van der Waals surface area contributed by atoms with E-state index in [0.29, 0.717) is 6.54 Å². The van der Waals surface area contributed by atoms with E-state index >= 15 is 0 Å². The molecule has 3 aromatic rings. The van der Waals surface area contributed by atoms with Crippen LogP contribution in [0.1, 0.15) is 13.3 Å². The summed E-state index contributed by atoms with van der Waals surface area (Å²) >= 11 is 0. The summed E-state index contributed by atoms with van der Waals surface area (Å²) in [6.45, 7) is 6.72. The van der Waals surface area contributed by atoms with Crippen LogP contribution in [0.2, 0.25) is 0 Å². The van der Waals surface area contributed by atoms with E-state index in [9.17, 15) is 0 Å². The Balaban J connectivity index is 1.60. The van der Waals surface area contributed by atoms with Crippen molar-refractivity contribution in [1.82, 2.24) is 20.0 Å². The summed E-state index contributed by atoms with van der Waals surface area (Å²) in [7, 11) is 0. The molecule has 1 aliphatic rings. The highest BCUT2D eigenvalue weighted by atomic mass is 15.4. The van der Waals surface area contributed by atoms with Crippen LogP contribution in [0, 0.1) is 0 Å². The monoisotopic (exact) mass is 381 g/mol. The molecule has 0 bridgehead atoms. The number of hydrogen-bond donors (Lipinski definition) is 1. The van der Waals surface area contributed by atoms with Gasteiger partial charge in [0.25, 0.3) is 0 Å². The molecule has 1 aliphatic carbocycles. The average molecular weight is 381 g/mol. The molecule has 0 atom stereocenters. The van der Waals surface area contributed by atoms with E-state index in [1.54, 1.807) is 10.9 Å². The molecule has 4 rings (SSSR count). The Morgan fingerprint density at radius 2 is 2.14 bits per heavy atom. The minimum atomic E-state index is 0.677. The van der Waals surface area contributed by atoms with Gasteiger partial charge in [0.1, 0.15) is 5.52 Å². The van der Waals surface area contributed by atoms with E-state index in [1.807, 2.05) is 49.5 Å². The molecule has 2 heterocycles. The minimum absolute atomic E-state index is 0.677. The fourth-order valence-corrected chi connectivity index (χ4v) is 3.43. The fourth-order valence-electron chi connectivity index (χ4n) is 3.43. The zero-order valence-electron chi connectivity index (χ0n) is 16.4. The molecule has 0 saturated carbocycles. The van der Waals surface area contributed by atoms with Crippen molar-refractivity contribution < 1.29 is 0 Å². The number of aromatic nitrogens is 4. The van der Waals surface area contributed by atoms with Crippen molar-refractivity contribution in [3.63, 3.8) is 0 Å². The van der Waals surface area contributed by atoms with E-state index < -0.39 is 0 Å². The van der Waals surface area contributed by atoms with E-state index in [4.69, 9.17) is 0 Å². The summed E-state index contributed by atoms with van der Waals surface area (Å²) in [6.07, 6.45) is 17.2. The second-order valence-electron chi connectivity index (χ2n) is 6.72. The van der Waals surface area contributed by atoms with Crippen molar-refractivity contribution in [2.45, 2.75) is 13.3 Å². The van der Waals surface area contributed by atoms with Gasteiger partial charge in [0, 0.05) is 6.54 Å². The smallest absolute Gasteiger partial charge is 0.113 e. The molecule has 0 saturated heterocycles. The largest absolute Gasteiger partial charge is 0.380 e. The molecule has 5 heteroatoms. The van der Waals surface area contributed by atoms with Crippen LogP contribution in [-0.2, 0) is 0 Å². The zero-order chi connectivity index (χ0) is 20.1. The molecule has 1 N–H and O–H groups in total. The molecule has 0 unspecified atom stereocenters. The van der Waals surface area contributed by atoms with Crippen LogP contribution in [0.4, 0.5) is 5.69 Å². The van der Waals surface area contributed by atoms with Gasteiger partial charge in [0.15, 0.2) is 0 Å². The summed E-state index contributed by atoms with van der Waals surface area (Å²) < 4.78 is 1.81. The zero-order valence-corrected chi connectivity index (χ0v) is 16.4. The molecule has 29 heavy (non-hydrogen) atoms. The lowest BCUT2D eigenvalue weighted by Crippen LogP contribution is -2.07. The third-order valence-corrected chi connectivity index (χ3v) is 4.80. The molecular weight excluding hydrogens is 358 g/mol. The number of nitrogens with one attached hydrogen (secondary N) is 1. The van der Waals surface area contributed by atoms with Crippen LogP contribution < -0.4 is 5.32 Å². The minimum Gasteiger partial charge on any atom is -0.380 e. The van der Waals surface area contributed by atoms with Gasteiger partial charge in [0.2, 0.25) is 0 Å². The summed E-state index contributed by atoms with van der Waals surface area (Å²) in [5.74, 6) is 0. The highest BCUT2D eigenvalue weighted by Gasteiger charge is 2.09. The molecule has 0 amide bonds. The molecule has 144 valence electrons. The average Bonchev–Trinajstić information content (AvgIpc) is 3.09. The Kier molecular flexibility index (Phi) is 5.47. The summed E-state index contributed by atoms with van der Waals surface area (Å²) in [5.41, 5.74) is 7.15. The standard InChI is InChI=1S/C24H23N5/c1-3-9-18-10-5-6-11-19(22(18)4-2)15-26-20-14-21(17-25-16-20)29-24-13-8-7-12-23(24)27-28-29/h3-4,6-14,16-17,26H,2,5,15H2,1H3/b9-3-. The lowest BCUT2D eigenvalue weighted by Gasteiger charge is -2.12. The molecule has 0 fully saturated rings. The summed E-state index contributed by atoms with van der Waals surface area (Å²) in [5, 5.41) is 12.0. The van der Waals surface area contributed by atoms with E-state index in [0.717, 1.165) is 34.4 Å². The number of nitrogens with zero attached hydrogens (tertiary/aromatic N) is 4. The third-order valence-electron chi connectivity index (χ3n) is 4.80. The highest BCUT2D eigenvalue weighted by molar-refractivity contribution is 5.76. The first kappa shape index (κ1) is 18.6. The number of anilines is 1. The molecule has 0 spiro atoms. The van der Waals surface area contributed by atoms with Gasteiger partial charge in [-0.3, -0.25) is 4.98 Å². The topological polar surface area (TPSA) is 55.6 Å². The van der Waals surface area contributed by atoms with Gasteiger partial charge in [-0.05, 0) is 48.3 Å². The molecule has 2 aromatic heterocycles. The highest BCUT2D eigenvalue weighted by Crippen LogP contribution is 2.24. The summed E-state index contributed by atoms with van der Waals surface area (Å²) in [4.78, 5) is 4.39. The van der Waals surface area contributed by atoms with Gasteiger partial charge in [-0.25, -0.2) is 4.68 Å². The van der Waals surface area contributed by atoms with Crippen LogP contribution in [0.15, 0.2) is 102 Å². The van der Waals surface area contributed by atoms with Crippen molar-refractivity contribution in [2.24, 2.45) is 0 Å². The molecular formula is C24H23N5. The maximum absolute atomic E-state index is 4.39. The molecule has 0 aliphatic heterocycles. The fraction of sp³-hybridized carbons (Fsp3) is 0.125. The van der Waals surface area contributed by atoms with Crippen molar-refractivity contribution in [3.05, 3.63) is 102 Å². The Labute approximate surface area is 170 Å². The first-order valence-electron chi connectivity index (χ1n) is 9.65. The quantitative estimate of drug-likeness (QED) is 0.640.